The van der Waals surface area contributed by atoms with Crippen molar-refractivity contribution in [2.75, 3.05) is 20.3 Å². The van der Waals surface area contributed by atoms with Gasteiger partial charge in [0.15, 0.2) is 0 Å². The maximum Gasteiger partial charge on any atom is 0.0641 e. The van der Waals surface area contributed by atoms with E-state index >= 15 is 0 Å². The predicted octanol–water partition coefficient (Wildman–Crippen LogP) is 1.89. The topological polar surface area (TPSA) is 39.1 Å². The van der Waals surface area contributed by atoms with Gasteiger partial charge in [0.1, 0.15) is 0 Å². The van der Waals surface area contributed by atoms with Crippen molar-refractivity contribution in [1.82, 2.24) is 15.1 Å². The zero-order valence-electron chi connectivity index (χ0n) is 11.7. The average Bonchev–Trinajstić information content (AvgIpc) is 2.50. The number of aromatic nitrogens is 2. The quantitative estimate of drug-likeness (QED) is 0.739. The van der Waals surface area contributed by atoms with E-state index in [0.717, 1.165) is 31.9 Å². The first-order valence-electron chi connectivity index (χ1n) is 6.28. The van der Waals surface area contributed by atoms with E-state index in [4.69, 9.17) is 4.74 Å². The maximum absolute atomic E-state index is 5.01. The number of hydrogen-bond donors (Lipinski definition) is 1. The van der Waals surface area contributed by atoms with Crippen molar-refractivity contribution in [3.63, 3.8) is 0 Å². The predicted molar refractivity (Wildman–Crippen MR) is 70.1 cm³/mol. The van der Waals surface area contributed by atoms with Gasteiger partial charge in [-0.3, -0.25) is 4.68 Å². The van der Waals surface area contributed by atoms with Crippen LogP contribution < -0.4 is 5.32 Å². The molecule has 0 amide bonds. The van der Waals surface area contributed by atoms with E-state index in [-0.39, 0.29) is 0 Å². The maximum atomic E-state index is 5.01. The van der Waals surface area contributed by atoms with E-state index < -0.39 is 0 Å². The van der Waals surface area contributed by atoms with Crippen molar-refractivity contribution >= 4 is 0 Å². The fraction of sp³-hybridized carbons (Fsp3) is 0.769. The molecule has 1 N–H and O–H groups in total. The summed E-state index contributed by atoms with van der Waals surface area (Å²) < 4.78 is 7.13. The molecule has 1 heterocycles. The summed E-state index contributed by atoms with van der Waals surface area (Å²) in [5.41, 5.74) is 3.73. The van der Waals surface area contributed by atoms with Crippen molar-refractivity contribution < 1.29 is 4.74 Å². The third kappa shape index (κ3) is 4.13. The van der Waals surface area contributed by atoms with Gasteiger partial charge in [-0.25, -0.2) is 0 Å². The molecule has 0 spiro atoms. The van der Waals surface area contributed by atoms with Crippen LogP contribution in [0.3, 0.4) is 0 Å². The molecular weight excluding hydrogens is 214 g/mol. The van der Waals surface area contributed by atoms with E-state index in [9.17, 15) is 0 Å². The minimum atomic E-state index is 0.627. The molecule has 0 aliphatic rings. The normalized spacial score (nSPS) is 11.4. The van der Waals surface area contributed by atoms with Gasteiger partial charge < -0.3 is 10.1 Å². The molecule has 0 fully saturated rings. The molecule has 0 radical (unpaired) electrons. The molecule has 0 atom stereocenters. The lowest BCUT2D eigenvalue weighted by Gasteiger charge is -2.08. The minimum Gasteiger partial charge on any atom is -0.383 e. The summed E-state index contributed by atoms with van der Waals surface area (Å²) in [6, 6.07) is 0. The Hall–Kier alpha value is -0.870. The van der Waals surface area contributed by atoms with Crippen LogP contribution in [-0.2, 0) is 17.8 Å². The largest absolute Gasteiger partial charge is 0.383 e. The van der Waals surface area contributed by atoms with Crippen molar-refractivity contribution in [1.29, 1.82) is 0 Å². The van der Waals surface area contributed by atoms with Crippen molar-refractivity contribution in [2.45, 2.75) is 40.8 Å². The molecule has 0 aliphatic heterocycles. The molecule has 1 rings (SSSR count). The molecule has 0 bridgehead atoms. The monoisotopic (exact) mass is 239 g/mol. The summed E-state index contributed by atoms with van der Waals surface area (Å²) in [5, 5.41) is 7.97. The van der Waals surface area contributed by atoms with Crippen LogP contribution in [0.25, 0.3) is 0 Å². The van der Waals surface area contributed by atoms with Crippen LogP contribution in [0.15, 0.2) is 0 Å². The number of nitrogens with one attached hydrogen (secondary N) is 1. The second kappa shape index (κ2) is 6.77. The number of rotatable bonds is 7. The minimum absolute atomic E-state index is 0.627. The Morgan fingerprint density at radius 1 is 1.35 bits per heavy atom. The fourth-order valence-corrected chi connectivity index (χ4v) is 1.90. The molecule has 0 unspecified atom stereocenters. The van der Waals surface area contributed by atoms with E-state index in [0.29, 0.717) is 5.92 Å². The Labute approximate surface area is 104 Å². The van der Waals surface area contributed by atoms with Crippen molar-refractivity contribution in [3.8, 4) is 0 Å². The molecule has 4 nitrogen and oxygen atoms in total. The lowest BCUT2D eigenvalue weighted by molar-refractivity contribution is 0.199. The molecule has 4 heteroatoms. The summed E-state index contributed by atoms with van der Waals surface area (Å²) in [6.07, 6.45) is 0. The third-order valence-corrected chi connectivity index (χ3v) is 2.85. The molecule has 1 aromatic heterocycles. The fourth-order valence-electron chi connectivity index (χ4n) is 1.90. The Morgan fingerprint density at radius 2 is 2.06 bits per heavy atom. The first-order chi connectivity index (χ1) is 8.06. The molecule has 1 aromatic rings. The molecule has 0 saturated carbocycles. The van der Waals surface area contributed by atoms with Crippen LogP contribution >= 0.6 is 0 Å². The Bertz CT molecular complexity index is 345. The molecule has 17 heavy (non-hydrogen) atoms. The summed E-state index contributed by atoms with van der Waals surface area (Å²) in [6.45, 7) is 12.2. The van der Waals surface area contributed by atoms with Gasteiger partial charge in [0, 0.05) is 38.0 Å². The van der Waals surface area contributed by atoms with Gasteiger partial charge in [0.25, 0.3) is 0 Å². The van der Waals surface area contributed by atoms with Gasteiger partial charge in [-0.05, 0) is 19.8 Å². The van der Waals surface area contributed by atoms with Gasteiger partial charge in [0.2, 0.25) is 0 Å². The highest BCUT2D eigenvalue weighted by atomic mass is 16.5. The first-order valence-corrected chi connectivity index (χ1v) is 6.28. The third-order valence-electron chi connectivity index (χ3n) is 2.85. The van der Waals surface area contributed by atoms with Gasteiger partial charge in [-0.2, -0.15) is 5.10 Å². The van der Waals surface area contributed by atoms with Gasteiger partial charge >= 0.3 is 0 Å². The highest BCUT2D eigenvalue weighted by Gasteiger charge is 2.11. The number of ether oxygens (including phenoxy) is 1. The van der Waals surface area contributed by atoms with Crippen molar-refractivity contribution in [3.05, 3.63) is 17.0 Å². The number of methoxy groups -OCH3 is 1. The first kappa shape index (κ1) is 14.2. The summed E-state index contributed by atoms with van der Waals surface area (Å²) in [4.78, 5) is 0. The molecule has 0 saturated heterocycles. The smallest absolute Gasteiger partial charge is 0.0641 e. The number of nitrogens with zero attached hydrogens (tertiary/aromatic N) is 2. The van der Waals surface area contributed by atoms with Crippen LogP contribution in [0, 0.1) is 19.8 Å². The summed E-state index contributed by atoms with van der Waals surface area (Å²) in [7, 11) is 1.72. The lowest BCUT2D eigenvalue weighted by atomic mass is 10.2. The van der Waals surface area contributed by atoms with E-state index in [2.05, 4.69) is 42.8 Å². The Kier molecular flexibility index (Phi) is 5.65. The second-order valence-corrected chi connectivity index (χ2v) is 4.89. The molecule has 98 valence electrons. The lowest BCUT2D eigenvalue weighted by Crippen LogP contribution is -2.19. The van der Waals surface area contributed by atoms with Gasteiger partial charge in [0.05, 0.1) is 12.3 Å². The summed E-state index contributed by atoms with van der Waals surface area (Å²) in [5.74, 6) is 0.627. The molecule has 0 aromatic carbocycles. The highest BCUT2D eigenvalue weighted by molar-refractivity contribution is 5.24. The second-order valence-electron chi connectivity index (χ2n) is 4.89. The van der Waals surface area contributed by atoms with E-state index in [1.807, 2.05) is 0 Å². The zero-order chi connectivity index (χ0) is 12.8. The molecule has 0 aliphatic carbocycles. The van der Waals surface area contributed by atoms with Crippen molar-refractivity contribution in [2.24, 2.45) is 5.92 Å². The highest BCUT2D eigenvalue weighted by Crippen LogP contribution is 2.14. The summed E-state index contributed by atoms with van der Waals surface area (Å²) >= 11 is 0. The zero-order valence-corrected chi connectivity index (χ0v) is 11.7. The van der Waals surface area contributed by atoms with E-state index in [1.54, 1.807) is 7.11 Å². The van der Waals surface area contributed by atoms with Crippen LogP contribution in [0.4, 0.5) is 0 Å². The van der Waals surface area contributed by atoms with Crippen LogP contribution in [0.2, 0.25) is 0 Å². The average molecular weight is 239 g/mol. The molecular formula is C13H25N3O. The number of hydrogen-bond acceptors (Lipinski definition) is 3. The van der Waals surface area contributed by atoms with Crippen LogP contribution in [0.5, 0.6) is 0 Å². The Morgan fingerprint density at radius 3 is 2.65 bits per heavy atom. The van der Waals surface area contributed by atoms with Gasteiger partial charge in [-0.1, -0.05) is 13.8 Å². The number of aryl methyl sites for hydroxylation is 1. The van der Waals surface area contributed by atoms with E-state index in [1.165, 1.54) is 11.3 Å². The van der Waals surface area contributed by atoms with Crippen LogP contribution in [-0.4, -0.2) is 30.0 Å². The Balaban J connectivity index is 2.62. The van der Waals surface area contributed by atoms with Crippen LogP contribution in [0.1, 0.15) is 30.8 Å². The van der Waals surface area contributed by atoms with Gasteiger partial charge in [-0.15, -0.1) is 0 Å². The SMILES string of the molecule is COCCNCc1c(C)nn(CC(C)C)c1C. The standard InChI is InChI=1S/C13H25N3O/c1-10(2)9-16-12(4)13(11(3)15-16)8-14-6-7-17-5/h10,14H,6-9H2,1-5H3.